The third-order valence-electron chi connectivity index (χ3n) is 5.79. The molecule has 0 spiro atoms. The van der Waals surface area contributed by atoms with Crippen LogP contribution in [0.15, 0.2) is 53.1 Å². The molecule has 1 amide bonds. The molecule has 0 radical (unpaired) electrons. The average molecular weight is 391 g/mol. The maximum absolute atomic E-state index is 13.1. The van der Waals surface area contributed by atoms with Gasteiger partial charge in [-0.05, 0) is 37.5 Å². The number of alkyl halides is 3. The van der Waals surface area contributed by atoms with Gasteiger partial charge in [0.25, 0.3) is 0 Å². The Hall–Kier alpha value is -2.57. The van der Waals surface area contributed by atoms with Crippen molar-refractivity contribution in [1.82, 2.24) is 4.90 Å². The number of rotatable bonds is 3. The van der Waals surface area contributed by atoms with E-state index in [0.717, 1.165) is 25.0 Å². The quantitative estimate of drug-likeness (QED) is 0.838. The van der Waals surface area contributed by atoms with Crippen LogP contribution in [0.25, 0.3) is 0 Å². The van der Waals surface area contributed by atoms with Crippen molar-refractivity contribution in [2.24, 2.45) is 16.6 Å². The molecular weight excluding hydrogens is 367 g/mol. The second-order valence-electron chi connectivity index (χ2n) is 7.52. The van der Waals surface area contributed by atoms with E-state index in [1.54, 1.807) is 0 Å². The van der Waals surface area contributed by atoms with Gasteiger partial charge in [-0.2, -0.15) is 13.2 Å². The van der Waals surface area contributed by atoms with Gasteiger partial charge in [-0.3, -0.25) is 9.69 Å². The molecule has 0 aromatic heterocycles. The molecule has 0 fully saturated rings. The zero-order valence-electron chi connectivity index (χ0n) is 16.1. The minimum Gasteiger partial charge on any atom is -0.369 e. The smallest absolute Gasteiger partial charge is 0.369 e. The summed E-state index contributed by atoms with van der Waals surface area (Å²) in [6.45, 7) is 3.93. The van der Waals surface area contributed by atoms with Crippen LogP contribution in [0.4, 0.5) is 13.2 Å². The number of halogens is 3. The van der Waals surface area contributed by atoms with Gasteiger partial charge in [-0.1, -0.05) is 42.9 Å². The lowest BCUT2D eigenvalue weighted by Gasteiger charge is -2.45. The van der Waals surface area contributed by atoms with Crippen molar-refractivity contribution in [3.8, 4) is 0 Å². The summed E-state index contributed by atoms with van der Waals surface area (Å²) in [6, 6.07) is 4.77. The number of hydrogen-bond donors (Lipinski definition) is 1. The second kappa shape index (κ2) is 7.11. The Morgan fingerprint density at radius 3 is 2.50 bits per heavy atom. The predicted molar refractivity (Wildman–Crippen MR) is 103 cm³/mol. The molecular formula is C21H24F3N3O. The van der Waals surface area contributed by atoms with Gasteiger partial charge in [-0.25, -0.2) is 4.99 Å². The molecule has 3 rings (SSSR count). The highest BCUT2D eigenvalue weighted by atomic mass is 19.4. The monoisotopic (exact) mass is 391 g/mol. The van der Waals surface area contributed by atoms with Crippen molar-refractivity contribution in [2.45, 2.75) is 44.3 Å². The summed E-state index contributed by atoms with van der Waals surface area (Å²) in [5, 5.41) is 0. The van der Waals surface area contributed by atoms with E-state index in [4.69, 9.17) is 5.73 Å². The minimum atomic E-state index is -4.43. The van der Waals surface area contributed by atoms with E-state index < -0.39 is 23.2 Å². The summed E-state index contributed by atoms with van der Waals surface area (Å²) in [6.07, 6.45) is 3.20. The number of guanidine groups is 1. The minimum absolute atomic E-state index is 0.0871. The molecule has 1 aliphatic carbocycles. The van der Waals surface area contributed by atoms with Crippen molar-refractivity contribution in [3.63, 3.8) is 0 Å². The second-order valence-corrected chi connectivity index (χ2v) is 7.52. The van der Waals surface area contributed by atoms with Gasteiger partial charge in [0.15, 0.2) is 5.96 Å². The van der Waals surface area contributed by atoms with Gasteiger partial charge in [0.2, 0.25) is 5.91 Å². The predicted octanol–water partition coefficient (Wildman–Crippen LogP) is 4.25. The largest absolute Gasteiger partial charge is 0.416 e. The summed E-state index contributed by atoms with van der Waals surface area (Å²) in [4.78, 5) is 19.1. The molecule has 150 valence electrons. The Bertz CT molecular complexity index is 855. The van der Waals surface area contributed by atoms with Crippen LogP contribution >= 0.6 is 0 Å². The van der Waals surface area contributed by atoms with Gasteiger partial charge >= 0.3 is 6.18 Å². The number of nitrogens with two attached hydrogens (primary N) is 1. The lowest BCUT2D eigenvalue weighted by Crippen LogP contribution is -2.56. The lowest BCUT2D eigenvalue weighted by atomic mass is 9.68. The highest BCUT2D eigenvalue weighted by Gasteiger charge is 2.50. The summed E-state index contributed by atoms with van der Waals surface area (Å²) >= 11 is 0. The SMILES string of the molecule is CCC1=CC=CC([C@@]2(C)N=C(N)N(C)C(=O)[C@@H]2c2ccc(C(F)(F)F)cc2)C1. The molecule has 1 heterocycles. The maximum Gasteiger partial charge on any atom is 0.416 e. The van der Waals surface area contributed by atoms with E-state index in [0.29, 0.717) is 5.56 Å². The molecule has 0 saturated carbocycles. The van der Waals surface area contributed by atoms with Crippen LogP contribution in [-0.4, -0.2) is 29.4 Å². The first-order chi connectivity index (χ1) is 13.1. The number of aliphatic imine (C=N–C) groups is 1. The Kier molecular flexibility index (Phi) is 5.12. The van der Waals surface area contributed by atoms with Gasteiger partial charge in [0, 0.05) is 13.0 Å². The summed E-state index contributed by atoms with van der Waals surface area (Å²) < 4.78 is 38.8. The Balaban J connectivity index is 2.07. The van der Waals surface area contributed by atoms with Crippen LogP contribution in [0, 0.1) is 5.92 Å². The molecule has 0 bridgehead atoms. The molecule has 1 unspecified atom stereocenters. The molecule has 7 heteroatoms. The van der Waals surface area contributed by atoms with Crippen LogP contribution in [-0.2, 0) is 11.0 Å². The van der Waals surface area contributed by atoms with E-state index in [-0.39, 0.29) is 17.8 Å². The fourth-order valence-electron chi connectivity index (χ4n) is 3.99. The zero-order chi connectivity index (χ0) is 20.7. The van der Waals surface area contributed by atoms with Crippen LogP contribution in [0.2, 0.25) is 0 Å². The molecule has 0 saturated heterocycles. The number of carbonyl (C=O) groups excluding carboxylic acids is 1. The first-order valence-corrected chi connectivity index (χ1v) is 9.24. The van der Waals surface area contributed by atoms with E-state index in [9.17, 15) is 18.0 Å². The Morgan fingerprint density at radius 1 is 1.29 bits per heavy atom. The number of allylic oxidation sites excluding steroid dienone is 3. The fourth-order valence-corrected chi connectivity index (χ4v) is 3.99. The standard InChI is InChI=1S/C21H24F3N3O/c1-4-13-6-5-7-16(12-13)20(2)17(18(28)27(3)19(25)26-20)14-8-10-15(11-9-14)21(22,23)24/h5-11,16-17H,4,12H2,1-3H3,(H2,25,26)/t16?,17-,20+/m0/s1. The zero-order valence-corrected chi connectivity index (χ0v) is 16.1. The average Bonchev–Trinajstić information content (AvgIpc) is 2.66. The number of likely N-dealkylation sites (N-methyl/N-ethyl adjacent to an activating group) is 1. The van der Waals surface area contributed by atoms with Crippen molar-refractivity contribution < 1.29 is 18.0 Å². The van der Waals surface area contributed by atoms with E-state index in [2.05, 4.69) is 18.0 Å². The molecule has 2 aliphatic rings. The van der Waals surface area contributed by atoms with E-state index >= 15 is 0 Å². The lowest BCUT2D eigenvalue weighted by molar-refractivity contribution is -0.137. The van der Waals surface area contributed by atoms with Crippen molar-refractivity contribution in [3.05, 3.63) is 59.2 Å². The maximum atomic E-state index is 13.1. The topological polar surface area (TPSA) is 58.7 Å². The fraction of sp³-hybridized carbons (Fsp3) is 0.429. The molecule has 2 N–H and O–H groups in total. The number of benzene rings is 1. The number of carbonyl (C=O) groups is 1. The molecule has 4 nitrogen and oxygen atoms in total. The van der Waals surface area contributed by atoms with Crippen LogP contribution in [0.1, 0.15) is 43.7 Å². The highest BCUT2D eigenvalue weighted by molar-refractivity contribution is 6.02. The van der Waals surface area contributed by atoms with Crippen LogP contribution in [0.3, 0.4) is 0 Å². The molecule has 1 aliphatic heterocycles. The normalized spacial score (nSPS) is 28.2. The first-order valence-electron chi connectivity index (χ1n) is 9.24. The van der Waals surface area contributed by atoms with E-state index in [1.807, 2.05) is 19.1 Å². The Labute approximate surface area is 162 Å². The number of amides is 1. The molecule has 3 atom stereocenters. The van der Waals surface area contributed by atoms with E-state index in [1.165, 1.54) is 29.7 Å². The summed E-state index contributed by atoms with van der Waals surface area (Å²) in [7, 11) is 1.53. The Morgan fingerprint density at radius 2 is 1.93 bits per heavy atom. The summed E-state index contributed by atoms with van der Waals surface area (Å²) in [5.41, 5.74) is 6.11. The van der Waals surface area contributed by atoms with Gasteiger partial charge in [0.05, 0.1) is 17.0 Å². The van der Waals surface area contributed by atoms with Crippen LogP contribution in [0.5, 0.6) is 0 Å². The molecule has 1 aromatic carbocycles. The van der Waals surface area contributed by atoms with Crippen molar-refractivity contribution in [2.75, 3.05) is 7.05 Å². The van der Waals surface area contributed by atoms with Crippen molar-refractivity contribution >= 4 is 11.9 Å². The van der Waals surface area contributed by atoms with Gasteiger partial charge in [-0.15, -0.1) is 0 Å². The highest BCUT2D eigenvalue weighted by Crippen LogP contribution is 2.45. The third-order valence-corrected chi connectivity index (χ3v) is 5.79. The van der Waals surface area contributed by atoms with Gasteiger partial charge in [0.1, 0.15) is 0 Å². The first kappa shape index (κ1) is 20.2. The van der Waals surface area contributed by atoms with Gasteiger partial charge < -0.3 is 5.73 Å². The third kappa shape index (κ3) is 3.45. The van der Waals surface area contributed by atoms with Crippen molar-refractivity contribution in [1.29, 1.82) is 0 Å². The molecule has 1 aromatic rings. The summed E-state index contributed by atoms with van der Waals surface area (Å²) in [5.74, 6) is -0.957. The van der Waals surface area contributed by atoms with Crippen LogP contribution < -0.4 is 5.73 Å². The number of hydrogen-bond acceptors (Lipinski definition) is 3. The molecule has 28 heavy (non-hydrogen) atoms. The number of nitrogens with zero attached hydrogens (tertiary/aromatic N) is 2.